The molecule has 10 nitrogen and oxygen atoms in total. The summed E-state index contributed by atoms with van der Waals surface area (Å²) in [5, 5.41) is 10.6. The minimum atomic E-state index is -0.843. The van der Waals surface area contributed by atoms with E-state index in [1.807, 2.05) is 29.0 Å². The van der Waals surface area contributed by atoms with E-state index < -0.39 is 11.9 Å². The Labute approximate surface area is 251 Å². The van der Waals surface area contributed by atoms with Gasteiger partial charge in [-0.3, -0.25) is 14.5 Å². The summed E-state index contributed by atoms with van der Waals surface area (Å²) in [6.45, 7) is 7.78. The van der Waals surface area contributed by atoms with Crippen molar-refractivity contribution in [2.45, 2.75) is 57.4 Å². The van der Waals surface area contributed by atoms with Crippen molar-refractivity contribution in [3.8, 4) is 5.75 Å². The number of aliphatic carboxylic acids is 1. The second kappa shape index (κ2) is 14.1. The predicted octanol–water partition coefficient (Wildman–Crippen LogP) is 2.96. The number of amides is 3. The second-order valence-corrected chi connectivity index (χ2v) is 13.4. The topological polar surface area (TPSA) is 93.6 Å². The maximum absolute atomic E-state index is 13.8. The van der Waals surface area contributed by atoms with Crippen molar-refractivity contribution in [2.75, 3.05) is 87.2 Å². The number of likely N-dealkylation sites (tertiary alicyclic amines) is 1. The van der Waals surface area contributed by atoms with Gasteiger partial charge in [-0.15, -0.1) is 0 Å². The Hall–Kier alpha value is -2.85. The van der Waals surface area contributed by atoms with Gasteiger partial charge < -0.3 is 29.0 Å². The number of unbranched alkanes of at least 4 members (excludes halogenated alkanes) is 1. The Morgan fingerprint density at radius 2 is 1.90 bits per heavy atom. The van der Waals surface area contributed by atoms with Gasteiger partial charge in [-0.25, -0.2) is 4.79 Å². The van der Waals surface area contributed by atoms with E-state index in [9.17, 15) is 19.5 Å². The van der Waals surface area contributed by atoms with Crippen molar-refractivity contribution >= 4 is 17.9 Å². The summed E-state index contributed by atoms with van der Waals surface area (Å²) in [5.41, 5.74) is 2.11. The lowest BCUT2D eigenvalue weighted by atomic mass is 9.83. The first-order valence-electron chi connectivity index (χ1n) is 15.8. The zero-order chi connectivity index (χ0) is 30.4. The Morgan fingerprint density at radius 3 is 2.62 bits per heavy atom. The van der Waals surface area contributed by atoms with E-state index in [0.29, 0.717) is 39.2 Å². The number of carbonyl (C=O) groups is 3. The number of hydrogen-bond acceptors (Lipinski definition) is 5. The number of fused-ring (bicyclic) bond motifs is 1. The van der Waals surface area contributed by atoms with Crippen molar-refractivity contribution in [2.24, 2.45) is 5.92 Å². The highest BCUT2D eigenvalue weighted by Gasteiger charge is 2.47. The first-order valence-corrected chi connectivity index (χ1v) is 15.8. The second-order valence-electron chi connectivity index (χ2n) is 13.4. The number of nitrogens with zero attached hydrogens (tertiary/aromatic N) is 5. The van der Waals surface area contributed by atoms with E-state index >= 15 is 0 Å². The first kappa shape index (κ1) is 32.1. The number of carboxylic acid groups (broad SMARTS) is 1. The zero-order valence-corrected chi connectivity index (χ0v) is 26.4. The molecule has 0 saturated carbocycles. The molecule has 0 aliphatic carbocycles. The van der Waals surface area contributed by atoms with Gasteiger partial charge >= 0.3 is 12.0 Å². The molecular formula is C32H52N5O5+. The van der Waals surface area contributed by atoms with Gasteiger partial charge in [-0.1, -0.05) is 25.5 Å². The highest BCUT2D eigenvalue weighted by Crippen LogP contribution is 2.41. The van der Waals surface area contributed by atoms with E-state index in [1.165, 1.54) is 0 Å². The summed E-state index contributed by atoms with van der Waals surface area (Å²) < 4.78 is 6.55. The van der Waals surface area contributed by atoms with Crippen LogP contribution in [0.25, 0.3) is 0 Å². The van der Waals surface area contributed by atoms with Crippen molar-refractivity contribution in [1.29, 1.82) is 0 Å². The van der Waals surface area contributed by atoms with Gasteiger partial charge in [-0.05, 0) is 36.5 Å². The van der Waals surface area contributed by atoms with Crippen LogP contribution < -0.4 is 4.74 Å². The summed E-state index contributed by atoms with van der Waals surface area (Å²) in [6, 6.07) is 5.70. The third kappa shape index (κ3) is 7.95. The number of rotatable bonds is 14. The van der Waals surface area contributed by atoms with E-state index in [4.69, 9.17) is 4.74 Å². The highest BCUT2D eigenvalue weighted by atomic mass is 16.5. The number of hydrogen-bond donors (Lipinski definition) is 1. The van der Waals surface area contributed by atoms with Crippen molar-refractivity contribution in [1.82, 2.24) is 19.6 Å². The summed E-state index contributed by atoms with van der Waals surface area (Å²) in [4.78, 5) is 47.2. The van der Waals surface area contributed by atoms with E-state index in [1.54, 1.807) is 4.90 Å². The quantitative estimate of drug-likeness (QED) is 0.337. The number of urea groups is 1. The number of benzene rings is 1. The van der Waals surface area contributed by atoms with Crippen molar-refractivity contribution in [3.63, 3.8) is 0 Å². The molecule has 1 aromatic carbocycles. The average Bonchev–Trinajstić information content (AvgIpc) is 3.55. The summed E-state index contributed by atoms with van der Waals surface area (Å²) in [6.07, 6.45) is 5.12. The smallest absolute Gasteiger partial charge is 0.319 e. The molecule has 3 atom stereocenters. The molecule has 234 valence electrons. The maximum atomic E-state index is 13.8. The van der Waals surface area contributed by atoms with Crippen LogP contribution in [0.3, 0.4) is 0 Å². The molecule has 3 unspecified atom stereocenters. The molecule has 42 heavy (non-hydrogen) atoms. The normalized spacial score (nSPS) is 22.8. The first-order chi connectivity index (χ1) is 20.0. The minimum Gasteiger partial charge on any atom is -0.493 e. The molecule has 3 aliphatic rings. The van der Waals surface area contributed by atoms with Crippen LogP contribution in [0.5, 0.6) is 5.75 Å². The molecule has 4 rings (SSSR count). The monoisotopic (exact) mass is 586 g/mol. The molecule has 2 saturated heterocycles. The van der Waals surface area contributed by atoms with Gasteiger partial charge in [0.1, 0.15) is 5.75 Å². The lowest BCUT2D eigenvalue weighted by Gasteiger charge is -2.35. The number of carbonyl (C=O) groups excluding carboxylic acids is 2. The maximum Gasteiger partial charge on any atom is 0.319 e. The number of carboxylic acids is 1. The molecule has 1 N–H and O–H groups in total. The van der Waals surface area contributed by atoms with Gasteiger partial charge in [0.15, 0.2) is 0 Å². The van der Waals surface area contributed by atoms with Gasteiger partial charge in [0, 0.05) is 71.1 Å². The highest BCUT2D eigenvalue weighted by molar-refractivity contribution is 5.79. The predicted molar refractivity (Wildman–Crippen MR) is 163 cm³/mol. The van der Waals surface area contributed by atoms with Crippen LogP contribution in [0.4, 0.5) is 4.79 Å². The van der Waals surface area contributed by atoms with Gasteiger partial charge in [0.05, 0.1) is 46.8 Å². The molecule has 0 spiro atoms. The lowest BCUT2D eigenvalue weighted by molar-refractivity contribution is -0.870. The Balaban J connectivity index is 1.56. The van der Waals surface area contributed by atoms with Crippen LogP contribution in [-0.2, 0) is 16.0 Å². The van der Waals surface area contributed by atoms with Crippen LogP contribution >= 0.6 is 0 Å². The minimum absolute atomic E-state index is 0.00749. The van der Waals surface area contributed by atoms with Gasteiger partial charge in [0.2, 0.25) is 5.91 Å². The Morgan fingerprint density at radius 1 is 1.14 bits per heavy atom. The fourth-order valence-electron chi connectivity index (χ4n) is 6.77. The fourth-order valence-corrected chi connectivity index (χ4v) is 6.77. The molecule has 0 bridgehead atoms. The molecule has 0 aromatic heterocycles. The third-order valence-corrected chi connectivity index (χ3v) is 9.12. The summed E-state index contributed by atoms with van der Waals surface area (Å²) in [7, 11) is 8.30. The number of quaternary nitrogens is 1. The lowest BCUT2D eigenvalue weighted by Crippen LogP contribution is -2.50. The fraction of sp³-hybridized carbons (Fsp3) is 0.719. The Bertz CT molecular complexity index is 1110. The van der Waals surface area contributed by atoms with Crippen molar-refractivity contribution in [3.05, 3.63) is 29.3 Å². The van der Waals surface area contributed by atoms with E-state index in [0.717, 1.165) is 73.1 Å². The van der Waals surface area contributed by atoms with E-state index in [2.05, 4.69) is 39.0 Å². The molecule has 3 amide bonds. The summed E-state index contributed by atoms with van der Waals surface area (Å²) >= 11 is 0. The molecule has 0 radical (unpaired) electrons. The van der Waals surface area contributed by atoms with Crippen LogP contribution in [0.15, 0.2) is 18.2 Å². The standard InChI is InChI=1S/C32H51N5O5/c1-6-7-15-34(17-9-19-37(3,4)5)29(38)23-36-22-26(24-10-11-28-25(21-24)13-20-42-28)30(31(39)40)27(36)12-18-35-16-8-14-33(2)32(35)41/h10-11,21,26-27,30H,6-9,12-20,22-23H2,1-5H3/p+1. The van der Waals surface area contributed by atoms with Crippen LogP contribution in [-0.4, -0.2) is 140 Å². The molecule has 3 heterocycles. The SMILES string of the molecule is CCCCN(CCC[N+](C)(C)C)C(=O)CN1CC(c2ccc3c(c2)CCO3)C(C(=O)O)C1CCN1CCCN(C)C1=O. The molecule has 3 aliphatic heterocycles. The summed E-state index contributed by atoms with van der Waals surface area (Å²) in [5.74, 6) is -0.813. The molecule has 10 heteroatoms. The largest absolute Gasteiger partial charge is 0.493 e. The van der Waals surface area contributed by atoms with E-state index in [-0.39, 0.29) is 30.4 Å². The van der Waals surface area contributed by atoms with Crippen LogP contribution in [0, 0.1) is 5.92 Å². The molecule has 2 fully saturated rings. The van der Waals surface area contributed by atoms with Gasteiger partial charge in [0.25, 0.3) is 0 Å². The number of ether oxygens (including phenoxy) is 1. The van der Waals surface area contributed by atoms with Crippen LogP contribution in [0.2, 0.25) is 0 Å². The van der Waals surface area contributed by atoms with Crippen LogP contribution in [0.1, 0.15) is 56.1 Å². The zero-order valence-electron chi connectivity index (χ0n) is 26.4. The van der Waals surface area contributed by atoms with Crippen molar-refractivity contribution < 1.29 is 28.7 Å². The van der Waals surface area contributed by atoms with Gasteiger partial charge in [-0.2, -0.15) is 0 Å². The third-order valence-electron chi connectivity index (χ3n) is 9.12. The molecular weight excluding hydrogens is 534 g/mol. The average molecular weight is 587 g/mol. The molecule has 1 aromatic rings. The Kier molecular flexibility index (Phi) is 10.8.